The summed E-state index contributed by atoms with van der Waals surface area (Å²) in [5, 5.41) is 7.73. The highest BCUT2D eigenvalue weighted by Gasteiger charge is 2.17. The maximum atomic E-state index is 4.57. The van der Waals surface area contributed by atoms with Gasteiger partial charge in [0.1, 0.15) is 5.82 Å². The quantitative estimate of drug-likeness (QED) is 0.915. The fraction of sp³-hybridized carbons (Fsp3) is 0.562. The summed E-state index contributed by atoms with van der Waals surface area (Å²) in [7, 11) is 2.12. The third-order valence-corrected chi connectivity index (χ3v) is 4.07. The summed E-state index contributed by atoms with van der Waals surface area (Å²) >= 11 is 0. The zero-order valence-corrected chi connectivity index (χ0v) is 12.9. The summed E-state index contributed by atoms with van der Waals surface area (Å²) in [5.74, 6) is 0.915. The van der Waals surface area contributed by atoms with E-state index in [1.54, 1.807) is 0 Å². The molecule has 0 amide bonds. The van der Waals surface area contributed by atoms with Crippen molar-refractivity contribution in [3.63, 3.8) is 0 Å². The van der Waals surface area contributed by atoms with E-state index in [9.17, 15) is 0 Å². The van der Waals surface area contributed by atoms with Gasteiger partial charge >= 0.3 is 0 Å². The molecule has 0 radical (unpaired) electrons. The highest BCUT2D eigenvalue weighted by Crippen LogP contribution is 2.23. The molecule has 0 saturated carbocycles. The Labute approximate surface area is 125 Å². The highest BCUT2D eigenvalue weighted by atomic mass is 15.2. The number of aryl methyl sites for hydroxylation is 2. The smallest absolute Gasteiger partial charge is 0.128 e. The Kier molecular flexibility index (Phi) is 4.29. The number of rotatable bonds is 5. The van der Waals surface area contributed by atoms with Gasteiger partial charge in [-0.15, -0.1) is 0 Å². The Morgan fingerprint density at radius 2 is 2.10 bits per heavy atom. The number of hydrogen-bond acceptors (Lipinski definition) is 4. The van der Waals surface area contributed by atoms with Crippen LogP contribution in [-0.2, 0) is 32.4 Å². The van der Waals surface area contributed by atoms with Crippen LogP contribution in [0.3, 0.4) is 0 Å². The highest BCUT2D eigenvalue weighted by molar-refractivity contribution is 5.27. The van der Waals surface area contributed by atoms with E-state index in [-0.39, 0.29) is 0 Å². The molecule has 0 bridgehead atoms. The second-order valence-corrected chi connectivity index (χ2v) is 5.82. The molecule has 0 fully saturated rings. The number of fused-ring (bicyclic) bond motifs is 1. The molecule has 2 aromatic heterocycles. The van der Waals surface area contributed by atoms with Gasteiger partial charge in [-0.1, -0.05) is 6.92 Å². The molecule has 112 valence electrons. The van der Waals surface area contributed by atoms with Crippen molar-refractivity contribution in [3.8, 4) is 0 Å². The van der Waals surface area contributed by atoms with Crippen molar-refractivity contribution < 1.29 is 0 Å². The average molecular weight is 285 g/mol. The lowest BCUT2D eigenvalue weighted by Crippen LogP contribution is -2.20. The first-order chi connectivity index (χ1) is 10.3. The molecular formula is C16H23N5. The van der Waals surface area contributed by atoms with Crippen LogP contribution in [0.5, 0.6) is 0 Å². The Morgan fingerprint density at radius 1 is 1.24 bits per heavy atom. The molecule has 0 unspecified atom stereocenters. The fourth-order valence-corrected chi connectivity index (χ4v) is 2.97. The van der Waals surface area contributed by atoms with Crippen LogP contribution in [0, 0.1) is 0 Å². The Balaban J connectivity index is 1.66. The Morgan fingerprint density at radius 3 is 2.95 bits per heavy atom. The van der Waals surface area contributed by atoms with E-state index >= 15 is 0 Å². The van der Waals surface area contributed by atoms with E-state index in [1.807, 2.05) is 12.3 Å². The number of nitrogens with zero attached hydrogens (tertiary/aromatic N) is 4. The second kappa shape index (κ2) is 6.35. The van der Waals surface area contributed by atoms with Crippen LogP contribution >= 0.6 is 0 Å². The monoisotopic (exact) mass is 285 g/mol. The molecular weight excluding hydrogens is 262 g/mol. The summed E-state index contributed by atoms with van der Waals surface area (Å²) < 4.78 is 0. The van der Waals surface area contributed by atoms with E-state index in [0.717, 1.165) is 37.4 Å². The van der Waals surface area contributed by atoms with Gasteiger partial charge in [0.25, 0.3) is 0 Å². The number of aromatic nitrogens is 4. The van der Waals surface area contributed by atoms with Crippen LogP contribution in [0.4, 0.5) is 0 Å². The molecule has 5 heteroatoms. The minimum absolute atomic E-state index is 0.831. The third kappa shape index (κ3) is 3.29. The van der Waals surface area contributed by atoms with Crippen molar-refractivity contribution in [1.82, 2.24) is 25.1 Å². The van der Waals surface area contributed by atoms with Gasteiger partial charge in [0.15, 0.2) is 0 Å². The SMILES string of the molecule is CCc1nccc(CN(C)Cc2n[nH]c3c2CCCC3)n1. The molecule has 0 aliphatic heterocycles. The zero-order valence-electron chi connectivity index (χ0n) is 12.9. The lowest BCUT2D eigenvalue weighted by molar-refractivity contribution is 0.309. The molecule has 2 heterocycles. The zero-order chi connectivity index (χ0) is 14.7. The Hall–Kier alpha value is -1.75. The van der Waals surface area contributed by atoms with E-state index in [1.165, 1.54) is 36.2 Å². The minimum atomic E-state index is 0.831. The largest absolute Gasteiger partial charge is 0.295 e. The molecule has 1 N–H and O–H groups in total. The first-order valence-electron chi connectivity index (χ1n) is 7.80. The molecule has 0 spiro atoms. The summed E-state index contributed by atoms with van der Waals surface area (Å²) in [4.78, 5) is 11.1. The van der Waals surface area contributed by atoms with Crippen molar-refractivity contribution in [3.05, 3.63) is 40.7 Å². The van der Waals surface area contributed by atoms with Crippen LogP contribution < -0.4 is 0 Å². The van der Waals surface area contributed by atoms with Crippen LogP contribution in [0.15, 0.2) is 12.3 Å². The average Bonchev–Trinajstić information content (AvgIpc) is 2.91. The number of hydrogen-bond donors (Lipinski definition) is 1. The standard InChI is InChI=1S/C16H23N5/c1-3-16-17-9-8-12(18-16)10-21(2)11-15-13-6-4-5-7-14(13)19-20-15/h8-9H,3-7,10-11H2,1-2H3,(H,19,20). The van der Waals surface area contributed by atoms with E-state index in [0.29, 0.717) is 0 Å². The lowest BCUT2D eigenvalue weighted by atomic mass is 9.96. The van der Waals surface area contributed by atoms with Gasteiger partial charge in [0.05, 0.1) is 11.4 Å². The summed E-state index contributed by atoms with van der Waals surface area (Å²) in [6.45, 7) is 3.79. The fourth-order valence-electron chi connectivity index (χ4n) is 2.97. The molecule has 1 aliphatic rings. The summed E-state index contributed by atoms with van der Waals surface area (Å²) in [6.07, 6.45) is 7.62. The first-order valence-corrected chi connectivity index (χ1v) is 7.80. The molecule has 21 heavy (non-hydrogen) atoms. The maximum Gasteiger partial charge on any atom is 0.128 e. The third-order valence-electron chi connectivity index (χ3n) is 4.07. The van der Waals surface area contributed by atoms with Crippen LogP contribution in [0.1, 0.15) is 48.2 Å². The normalized spacial score (nSPS) is 14.4. The predicted molar refractivity (Wildman–Crippen MR) is 81.8 cm³/mol. The van der Waals surface area contributed by atoms with Crippen molar-refractivity contribution in [1.29, 1.82) is 0 Å². The first kappa shape index (κ1) is 14.2. The topological polar surface area (TPSA) is 57.7 Å². The lowest BCUT2D eigenvalue weighted by Gasteiger charge is -2.17. The molecule has 2 aromatic rings. The molecule has 0 atom stereocenters. The van der Waals surface area contributed by atoms with Gasteiger partial charge in [-0.25, -0.2) is 9.97 Å². The molecule has 1 aliphatic carbocycles. The van der Waals surface area contributed by atoms with E-state index in [4.69, 9.17) is 0 Å². The van der Waals surface area contributed by atoms with Crippen LogP contribution in [-0.4, -0.2) is 32.1 Å². The van der Waals surface area contributed by atoms with Crippen molar-refractivity contribution >= 4 is 0 Å². The summed E-state index contributed by atoms with van der Waals surface area (Å²) in [6, 6.07) is 2.00. The van der Waals surface area contributed by atoms with Crippen LogP contribution in [0.2, 0.25) is 0 Å². The summed E-state index contributed by atoms with van der Waals surface area (Å²) in [5.41, 5.74) is 5.08. The van der Waals surface area contributed by atoms with Gasteiger partial charge in [0.2, 0.25) is 0 Å². The van der Waals surface area contributed by atoms with Gasteiger partial charge in [-0.2, -0.15) is 5.10 Å². The van der Waals surface area contributed by atoms with Gasteiger partial charge in [-0.05, 0) is 44.4 Å². The van der Waals surface area contributed by atoms with Crippen molar-refractivity contribution in [2.45, 2.75) is 52.1 Å². The van der Waals surface area contributed by atoms with Gasteiger partial charge < -0.3 is 0 Å². The number of H-pyrrole nitrogens is 1. The molecule has 0 aromatic carbocycles. The van der Waals surface area contributed by atoms with E-state index in [2.05, 4.69) is 39.0 Å². The van der Waals surface area contributed by atoms with Crippen molar-refractivity contribution in [2.24, 2.45) is 0 Å². The van der Waals surface area contributed by atoms with Gasteiger partial charge in [-0.3, -0.25) is 10.00 Å². The predicted octanol–water partition coefficient (Wildman–Crippen LogP) is 2.27. The minimum Gasteiger partial charge on any atom is -0.295 e. The molecule has 3 rings (SSSR count). The number of aromatic amines is 1. The van der Waals surface area contributed by atoms with E-state index < -0.39 is 0 Å². The molecule has 0 saturated heterocycles. The van der Waals surface area contributed by atoms with Crippen LogP contribution in [0.25, 0.3) is 0 Å². The number of nitrogens with one attached hydrogen (secondary N) is 1. The van der Waals surface area contributed by atoms with Gasteiger partial charge in [0, 0.05) is 31.4 Å². The second-order valence-electron chi connectivity index (χ2n) is 5.82. The Bertz CT molecular complexity index is 604. The van der Waals surface area contributed by atoms with Crippen molar-refractivity contribution in [2.75, 3.05) is 7.05 Å². The maximum absolute atomic E-state index is 4.57. The molecule has 5 nitrogen and oxygen atoms in total.